The van der Waals surface area contributed by atoms with Gasteiger partial charge < -0.3 is 10.4 Å². The number of hydrogen-bond acceptors (Lipinski definition) is 4. The van der Waals surface area contributed by atoms with Crippen LogP contribution in [0.1, 0.15) is 0 Å². The summed E-state index contributed by atoms with van der Waals surface area (Å²) in [7, 11) is 0. The van der Waals surface area contributed by atoms with Crippen LogP contribution in [0.3, 0.4) is 0 Å². The van der Waals surface area contributed by atoms with Crippen LogP contribution in [0.5, 0.6) is 0 Å². The summed E-state index contributed by atoms with van der Waals surface area (Å²) in [5.74, 6) is 0.0412. The van der Waals surface area contributed by atoms with Gasteiger partial charge in [0.15, 0.2) is 11.8 Å². The number of hydrogen-bond donors (Lipinski definition) is 2. The third-order valence-corrected chi connectivity index (χ3v) is 2.07. The molecule has 8 heteroatoms. The van der Waals surface area contributed by atoms with E-state index in [0.29, 0.717) is 5.65 Å². The average Bonchev–Trinajstić information content (AvgIpc) is 2.66. The molecule has 92 valence electrons. The Morgan fingerprint density at radius 3 is 2.82 bits per heavy atom. The van der Waals surface area contributed by atoms with Gasteiger partial charge in [0.25, 0.3) is 0 Å². The smallest absolute Gasteiger partial charge is 0.382 e. The summed E-state index contributed by atoms with van der Waals surface area (Å²) < 4.78 is 37.5. The third-order valence-electron chi connectivity index (χ3n) is 2.07. The maximum Gasteiger partial charge on any atom is 0.416 e. The van der Waals surface area contributed by atoms with Gasteiger partial charge in [-0.25, -0.2) is 4.52 Å². The number of halogens is 3. The summed E-state index contributed by atoms with van der Waals surface area (Å²) in [5.41, 5.74) is 0.511. The summed E-state index contributed by atoms with van der Waals surface area (Å²) in [5, 5.41) is 15.0. The molecule has 0 aliphatic heterocycles. The number of nitrogens with zero attached hydrogens (tertiary/aromatic N) is 3. The van der Waals surface area contributed by atoms with Gasteiger partial charge in [0.1, 0.15) is 0 Å². The number of aromatic nitrogens is 3. The van der Waals surface area contributed by atoms with Crippen molar-refractivity contribution >= 4 is 11.6 Å². The predicted molar refractivity (Wildman–Crippen MR) is 53.5 cm³/mol. The quantitative estimate of drug-likeness (QED) is 0.850. The van der Waals surface area contributed by atoms with Crippen molar-refractivity contribution in [1.82, 2.24) is 14.6 Å². The van der Waals surface area contributed by atoms with E-state index in [9.17, 15) is 13.2 Å². The van der Waals surface area contributed by atoms with E-state index in [1.165, 1.54) is 4.52 Å². The van der Waals surface area contributed by atoms with Crippen molar-refractivity contribution in [2.45, 2.75) is 12.3 Å². The van der Waals surface area contributed by atoms with Crippen LogP contribution in [0, 0.1) is 0 Å². The fourth-order valence-corrected chi connectivity index (χ4v) is 1.21. The molecule has 0 aromatic carbocycles. The molecule has 0 fully saturated rings. The standard InChI is InChI=1S/C9H9F3N4O/c10-9(11,12)6(17)5-13-8-14-7-3-1-2-4-16(7)15-8/h1-4,6,17H,5H2,(H,13,15). The van der Waals surface area contributed by atoms with Crippen molar-refractivity contribution in [2.24, 2.45) is 0 Å². The minimum Gasteiger partial charge on any atom is -0.382 e. The van der Waals surface area contributed by atoms with Gasteiger partial charge in [0.05, 0.1) is 6.54 Å². The highest BCUT2D eigenvalue weighted by molar-refractivity contribution is 5.42. The Bertz CT molecular complexity index is 477. The number of pyridine rings is 1. The van der Waals surface area contributed by atoms with Crippen LogP contribution in [0.25, 0.3) is 5.65 Å². The molecule has 0 saturated heterocycles. The number of nitrogens with one attached hydrogen (secondary N) is 1. The molecular weight excluding hydrogens is 237 g/mol. The fraction of sp³-hybridized carbons (Fsp3) is 0.333. The van der Waals surface area contributed by atoms with E-state index in [2.05, 4.69) is 15.4 Å². The zero-order valence-electron chi connectivity index (χ0n) is 8.52. The Morgan fingerprint density at radius 1 is 1.41 bits per heavy atom. The van der Waals surface area contributed by atoms with Crippen molar-refractivity contribution in [2.75, 3.05) is 11.9 Å². The number of alkyl halides is 3. The summed E-state index contributed by atoms with van der Waals surface area (Å²) in [4.78, 5) is 3.93. The molecule has 0 saturated carbocycles. The molecule has 17 heavy (non-hydrogen) atoms. The Labute approximate surface area is 93.9 Å². The van der Waals surface area contributed by atoms with Crippen LogP contribution in [0.2, 0.25) is 0 Å². The zero-order chi connectivity index (χ0) is 12.5. The number of aliphatic hydroxyl groups excluding tert-OH is 1. The summed E-state index contributed by atoms with van der Waals surface area (Å²) in [6, 6.07) is 5.12. The molecular formula is C9H9F3N4O. The number of anilines is 1. The molecule has 2 rings (SSSR count). The maximum absolute atomic E-state index is 12.0. The monoisotopic (exact) mass is 246 g/mol. The molecule has 2 aromatic rings. The molecule has 0 spiro atoms. The van der Waals surface area contributed by atoms with Gasteiger partial charge in [-0.15, -0.1) is 5.10 Å². The highest BCUT2D eigenvalue weighted by Crippen LogP contribution is 2.20. The summed E-state index contributed by atoms with van der Waals surface area (Å²) >= 11 is 0. The Balaban J connectivity index is 2.04. The second-order valence-corrected chi connectivity index (χ2v) is 3.38. The van der Waals surface area contributed by atoms with Crippen LogP contribution in [-0.2, 0) is 0 Å². The first-order chi connectivity index (χ1) is 7.97. The fourth-order valence-electron chi connectivity index (χ4n) is 1.21. The number of fused-ring (bicyclic) bond motifs is 1. The molecule has 2 aromatic heterocycles. The van der Waals surface area contributed by atoms with Gasteiger partial charge >= 0.3 is 6.18 Å². The largest absolute Gasteiger partial charge is 0.416 e. The average molecular weight is 246 g/mol. The number of aliphatic hydroxyl groups is 1. The van der Waals surface area contributed by atoms with Gasteiger partial charge in [0, 0.05) is 6.20 Å². The van der Waals surface area contributed by atoms with Gasteiger partial charge in [0.2, 0.25) is 5.95 Å². The molecule has 0 radical (unpaired) electrons. The van der Waals surface area contributed by atoms with Crippen molar-refractivity contribution in [3.63, 3.8) is 0 Å². The van der Waals surface area contributed by atoms with E-state index in [4.69, 9.17) is 5.11 Å². The molecule has 5 nitrogen and oxygen atoms in total. The van der Waals surface area contributed by atoms with E-state index in [0.717, 1.165) is 0 Å². The van der Waals surface area contributed by atoms with E-state index in [1.807, 2.05) is 0 Å². The Kier molecular flexibility index (Phi) is 2.88. The minimum absolute atomic E-state index is 0.0412. The normalized spacial score (nSPS) is 13.9. The third kappa shape index (κ3) is 2.64. The first kappa shape index (κ1) is 11.6. The lowest BCUT2D eigenvalue weighted by atomic mass is 10.3. The predicted octanol–water partition coefficient (Wildman–Crippen LogP) is 1.06. The molecule has 1 atom stereocenters. The highest BCUT2D eigenvalue weighted by atomic mass is 19.4. The molecule has 1 unspecified atom stereocenters. The van der Waals surface area contributed by atoms with Crippen LogP contribution in [-0.4, -0.2) is 38.5 Å². The van der Waals surface area contributed by atoms with Gasteiger partial charge in [-0.3, -0.25) is 0 Å². The summed E-state index contributed by atoms with van der Waals surface area (Å²) in [6.45, 7) is -0.680. The van der Waals surface area contributed by atoms with E-state index in [1.54, 1.807) is 24.4 Å². The van der Waals surface area contributed by atoms with Gasteiger partial charge in [-0.1, -0.05) is 6.07 Å². The van der Waals surface area contributed by atoms with Crippen LogP contribution in [0.4, 0.5) is 19.1 Å². The lowest BCUT2D eigenvalue weighted by molar-refractivity contribution is -0.198. The molecule has 0 aliphatic rings. The van der Waals surface area contributed by atoms with Gasteiger partial charge in [-0.05, 0) is 12.1 Å². The van der Waals surface area contributed by atoms with Crippen LogP contribution < -0.4 is 5.32 Å². The SMILES string of the molecule is OC(CNc1nc2ccccn2n1)C(F)(F)F. The molecule has 0 bridgehead atoms. The van der Waals surface area contributed by atoms with Crippen molar-refractivity contribution in [1.29, 1.82) is 0 Å². The second kappa shape index (κ2) is 4.21. The first-order valence-corrected chi connectivity index (χ1v) is 4.77. The Morgan fingerprint density at radius 2 is 2.18 bits per heavy atom. The van der Waals surface area contributed by atoms with Crippen molar-refractivity contribution in [3.05, 3.63) is 24.4 Å². The van der Waals surface area contributed by atoms with E-state index < -0.39 is 18.8 Å². The first-order valence-electron chi connectivity index (χ1n) is 4.77. The lowest BCUT2D eigenvalue weighted by Gasteiger charge is -2.13. The minimum atomic E-state index is -4.65. The van der Waals surface area contributed by atoms with Gasteiger partial charge in [-0.2, -0.15) is 18.2 Å². The zero-order valence-corrected chi connectivity index (χ0v) is 8.52. The molecule has 0 aliphatic carbocycles. The van der Waals surface area contributed by atoms with Crippen molar-refractivity contribution < 1.29 is 18.3 Å². The number of rotatable bonds is 3. The molecule has 2 heterocycles. The maximum atomic E-state index is 12.0. The van der Waals surface area contributed by atoms with Crippen molar-refractivity contribution in [3.8, 4) is 0 Å². The Hall–Kier alpha value is -1.83. The lowest BCUT2D eigenvalue weighted by Crippen LogP contribution is -2.35. The second-order valence-electron chi connectivity index (χ2n) is 3.38. The molecule has 0 amide bonds. The topological polar surface area (TPSA) is 62.5 Å². The summed E-state index contributed by atoms with van der Waals surface area (Å²) in [6.07, 6.45) is -5.46. The molecule has 2 N–H and O–H groups in total. The van der Waals surface area contributed by atoms with E-state index >= 15 is 0 Å². The van der Waals surface area contributed by atoms with Crippen LogP contribution in [0.15, 0.2) is 24.4 Å². The van der Waals surface area contributed by atoms with E-state index in [-0.39, 0.29) is 5.95 Å². The highest BCUT2D eigenvalue weighted by Gasteiger charge is 2.38. The van der Waals surface area contributed by atoms with Crippen LogP contribution >= 0.6 is 0 Å².